The van der Waals surface area contributed by atoms with Crippen molar-refractivity contribution in [2.24, 2.45) is 15.7 Å². The van der Waals surface area contributed by atoms with Gasteiger partial charge in [0.15, 0.2) is 0 Å². The molecule has 6 nitrogen and oxygen atoms in total. The number of benzene rings is 3. The Hall–Kier alpha value is -3.77. The molecule has 0 radical (unpaired) electrons. The molecule has 3 aromatic rings. The van der Waals surface area contributed by atoms with E-state index < -0.39 is 5.91 Å². The molecular weight excluding hydrogens is 364 g/mol. The Kier molecular flexibility index (Phi) is 6.50. The van der Waals surface area contributed by atoms with E-state index in [-0.39, 0.29) is 6.61 Å². The molecule has 1 amide bonds. The molecule has 0 aliphatic rings. The minimum atomic E-state index is -0.492. The Morgan fingerprint density at radius 1 is 1.03 bits per heavy atom. The van der Waals surface area contributed by atoms with Crippen molar-refractivity contribution in [2.45, 2.75) is 6.61 Å². The molecule has 0 aliphatic heterocycles. The molecule has 0 bridgehead atoms. The van der Waals surface area contributed by atoms with Crippen LogP contribution in [0, 0.1) is 0 Å². The zero-order valence-electron chi connectivity index (χ0n) is 16.0. The Morgan fingerprint density at radius 2 is 1.76 bits per heavy atom. The summed E-state index contributed by atoms with van der Waals surface area (Å²) in [5, 5.41) is 12.9. The lowest BCUT2D eigenvalue weighted by atomic mass is 10.1. The average Bonchev–Trinajstić information content (AvgIpc) is 2.76. The van der Waals surface area contributed by atoms with E-state index in [9.17, 15) is 9.90 Å². The quantitative estimate of drug-likeness (QED) is 0.446. The van der Waals surface area contributed by atoms with Crippen molar-refractivity contribution in [1.29, 1.82) is 0 Å². The number of rotatable bonds is 6. The molecule has 0 spiro atoms. The molecular formula is C23H22N4O2. The number of carbonyl (C=O) groups excluding carboxylic acids is 1. The minimum Gasteiger partial charge on any atom is -0.392 e. The van der Waals surface area contributed by atoms with Crippen LogP contribution in [0.3, 0.4) is 0 Å². The summed E-state index contributed by atoms with van der Waals surface area (Å²) in [6.07, 6.45) is 1.62. The first-order valence-corrected chi connectivity index (χ1v) is 9.08. The van der Waals surface area contributed by atoms with Gasteiger partial charge in [0.25, 0.3) is 0 Å². The number of nitrogens with zero attached hydrogens (tertiary/aromatic N) is 2. The largest absolute Gasteiger partial charge is 0.392 e. The van der Waals surface area contributed by atoms with Crippen LogP contribution in [0.5, 0.6) is 0 Å². The van der Waals surface area contributed by atoms with Crippen LogP contribution in [0.1, 0.15) is 27.0 Å². The number of aliphatic imine (C=N–C) groups is 2. The normalized spacial score (nSPS) is 11.6. The zero-order chi connectivity index (χ0) is 20.6. The van der Waals surface area contributed by atoms with E-state index >= 15 is 0 Å². The van der Waals surface area contributed by atoms with Crippen LogP contribution >= 0.6 is 0 Å². The molecule has 4 N–H and O–H groups in total. The van der Waals surface area contributed by atoms with Crippen LogP contribution in [0.4, 0.5) is 11.4 Å². The molecule has 0 aromatic heterocycles. The third kappa shape index (κ3) is 4.94. The summed E-state index contributed by atoms with van der Waals surface area (Å²) in [5.74, 6) is 0.156. The number of amides is 1. The first-order valence-electron chi connectivity index (χ1n) is 9.08. The predicted molar refractivity (Wildman–Crippen MR) is 117 cm³/mol. The maximum absolute atomic E-state index is 11.5. The molecule has 0 unspecified atom stereocenters. The summed E-state index contributed by atoms with van der Waals surface area (Å²) >= 11 is 0. The lowest BCUT2D eigenvalue weighted by Gasteiger charge is -2.13. The Labute approximate surface area is 169 Å². The molecule has 0 saturated heterocycles. The summed E-state index contributed by atoms with van der Waals surface area (Å²) in [5.41, 5.74) is 9.63. The van der Waals surface area contributed by atoms with Crippen LogP contribution in [0.15, 0.2) is 82.8 Å². The summed E-state index contributed by atoms with van der Waals surface area (Å²) in [6.45, 7) is -0.0690. The molecule has 3 rings (SSSR count). The van der Waals surface area contributed by atoms with E-state index in [1.165, 1.54) is 0 Å². The molecule has 0 heterocycles. The minimum absolute atomic E-state index is 0.0690. The van der Waals surface area contributed by atoms with Gasteiger partial charge in [0.1, 0.15) is 5.84 Å². The molecule has 0 fully saturated rings. The van der Waals surface area contributed by atoms with Crippen molar-refractivity contribution in [3.8, 4) is 0 Å². The molecule has 3 aromatic carbocycles. The van der Waals surface area contributed by atoms with Gasteiger partial charge < -0.3 is 16.2 Å². The van der Waals surface area contributed by atoms with Crippen molar-refractivity contribution in [3.05, 3.63) is 95.1 Å². The predicted octanol–water partition coefficient (Wildman–Crippen LogP) is 3.52. The number of aliphatic hydroxyl groups excluding tert-OH is 1. The maximum atomic E-state index is 11.5. The van der Waals surface area contributed by atoms with Crippen molar-refractivity contribution < 1.29 is 9.90 Å². The van der Waals surface area contributed by atoms with Gasteiger partial charge in [-0.15, -0.1) is 0 Å². The van der Waals surface area contributed by atoms with E-state index in [2.05, 4.69) is 15.3 Å². The van der Waals surface area contributed by atoms with Gasteiger partial charge in [-0.1, -0.05) is 48.5 Å². The highest BCUT2D eigenvalue weighted by Crippen LogP contribution is 2.20. The summed E-state index contributed by atoms with van der Waals surface area (Å²) in [7, 11) is 1.69. The van der Waals surface area contributed by atoms with Gasteiger partial charge in [0.05, 0.1) is 12.3 Å². The number of nitrogens with two attached hydrogens (primary N) is 1. The fourth-order valence-corrected chi connectivity index (χ4v) is 2.91. The fourth-order valence-electron chi connectivity index (χ4n) is 2.91. The number of carbonyl (C=O) groups is 1. The van der Waals surface area contributed by atoms with Gasteiger partial charge in [-0.2, -0.15) is 0 Å². The van der Waals surface area contributed by atoms with Crippen LogP contribution in [-0.2, 0) is 6.61 Å². The number of amidine groups is 1. The molecule has 6 heteroatoms. The lowest BCUT2D eigenvalue weighted by molar-refractivity contribution is 0.1000. The second kappa shape index (κ2) is 9.43. The summed E-state index contributed by atoms with van der Waals surface area (Å²) in [4.78, 5) is 20.3. The first kappa shape index (κ1) is 20.0. The highest BCUT2D eigenvalue weighted by Gasteiger charge is 2.09. The first-order chi connectivity index (χ1) is 14.1. The number of anilines is 1. The van der Waals surface area contributed by atoms with Crippen LogP contribution in [0.2, 0.25) is 0 Å². The van der Waals surface area contributed by atoms with Crippen molar-refractivity contribution >= 4 is 29.3 Å². The maximum Gasteiger partial charge on any atom is 0.249 e. The topological polar surface area (TPSA) is 100 Å². The van der Waals surface area contributed by atoms with Crippen molar-refractivity contribution in [2.75, 3.05) is 12.4 Å². The van der Waals surface area contributed by atoms with Gasteiger partial charge in [0, 0.05) is 35.6 Å². The van der Waals surface area contributed by atoms with Gasteiger partial charge in [-0.05, 0) is 29.8 Å². The van der Waals surface area contributed by atoms with E-state index in [4.69, 9.17) is 5.73 Å². The summed E-state index contributed by atoms with van der Waals surface area (Å²) < 4.78 is 0. The molecule has 0 atom stereocenters. The lowest BCUT2D eigenvalue weighted by Crippen LogP contribution is -2.15. The Bertz CT molecular complexity index is 1070. The number of aliphatic hydroxyl groups is 1. The third-order valence-electron chi connectivity index (χ3n) is 4.35. The standard InChI is InChI=1S/C23H22N4O2/c1-25-23(21-12-5-3-8-17(21)15-28)27-19-10-6-9-18(13-19)26-14-16-7-2-4-11-20(16)22(24)29/h2-14,28H,15H2,1H3,(H2,24,29)(H,25,27). The monoisotopic (exact) mass is 386 g/mol. The molecule has 0 saturated carbocycles. The van der Waals surface area contributed by atoms with E-state index in [0.29, 0.717) is 22.6 Å². The Morgan fingerprint density at radius 3 is 2.48 bits per heavy atom. The van der Waals surface area contributed by atoms with Crippen LogP contribution < -0.4 is 11.1 Å². The van der Waals surface area contributed by atoms with Crippen LogP contribution in [0.25, 0.3) is 0 Å². The van der Waals surface area contributed by atoms with Gasteiger partial charge >= 0.3 is 0 Å². The van der Waals surface area contributed by atoms with E-state index in [0.717, 1.165) is 16.8 Å². The van der Waals surface area contributed by atoms with E-state index in [1.54, 1.807) is 31.5 Å². The third-order valence-corrected chi connectivity index (χ3v) is 4.35. The second-order valence-electron chi connectivity index (χ2n) is 6.27. The van der Waals surface area contributed by atoms with Gasteiger partial charge in [-0.25, -0.2) is 0 Å². The van der Waals surface area contributed by atoms with E-state index in [1.807, 2.05) is 54.6 Å². The fraction of sp³-hybridized carbons (Fsp3) is 0.0870. The summed E-state index contributed by atoms with van der Waals surface area (Å²) in [6, 6.07) is 22.1. The number of primary amides is 1. The van der Waals surface area contributed by atoms with Crippen molar-refractivity contribution in [3.63, 3.8) is 0 Å². The molecule has 146 valence electrons. The highest BCUT2D eigenvalue weighted by atomic mass is 16.3. The second-order valence-corrected chi connectivity index (χ2v) is 6.27. The molecule has 29 heavy (non-hydrogen) atoms. The molecule has 0 aliphatic carbocycles. The van der Waals surface area contributed by atoms with Crippen LogP contribution in [-0.4, -0.2) is 30.1 Å². The zero-order valence-corrected chi connectivity index (χ0v) is 16.0. The van der Waals surface area contributed by atoms with Gasteiger partial charge in [0.2, 0.25) is 5.91 Å². The highest BCUT2D eigenvalue weighted by molar-refractivity contribution is 6.09. The smallest absolute Gasteiger partial charge is 0.249 e. The number of hydrogen-bond donors (Lipinski definition) is 3. The SMILES string of the molecule is CN=C(Nc1cccc(N=Cc2ccccc2C(N)=O)c1)c1ccccc1CO. The van der Waals surface area contributed by atoms with Crippen molar-refractivity contribution in [1.82, 2.24) is 0 Å². The number of nitrogens with one attached hydrogen (secondary N) is 1. The average molecular weight is 386 g/mol. The number of hydrogen-bond acceptors (Lipinski definition) is 4. The van der Waals surface area contributed by atoms with Gasteiger partial charge in [-0.3, -0.25) is 14.8 Å². The Balaban J connectivity index is 1.84.